The van der Waals surface area contributed by atoms with Crippen LogP contribution in [0.4, 0.5) is 13.2 Å². The lowest BCUT2D eigenvalue weighted by atomic mass is 10.1. The summed E-state index contributed by atoms with van der Waals surface area (Å²) in [4.78, 5) is 10.2. The Kier molecular flexibility index (Phi) is 4.34. The zero-order valence-corrected chi connectivity index (χ0v) is 8.47. The van der Waals surface area contributed by atoms with Gasteiger partial charge in [0, 0.05) is 6.42 Å². The predicted octanol–water partition coefficient (Wildman–Crippen LogP) is 2.90. The average molecular weight is 232 g/mol. The summed E-state index contributed by atoms with van der Waals surface area (Å²) in [7, 11) is 0. The van der Waals surface area contributed by atoms with E-state index in [4.69, 9.17) is 5.11 Å². The lowest BCUT2D eigenvalue weighted by molar-refractivity contribution is -0.137. The molecular weight excluding hydrogens is 221 g/mol. The van der Waals surface area contributed by atoms with Gasteiger partial charge in [-0.1, -0.05) is 0 Å². The van der Waals surface area contributed by atoms with Crippen molar-refractivity contribution in [1.82, 2.24) is 0 Å². The van der Waals surface area contributed by atoms with E-state index in [0.29, 0.717) is 24.8 Å². The molecule has 0 radical (unpaired) electrons. The van der Waals surface area contributed by atoms with Gasteiger partial charge in [0.25, 0.3) is 0 Å². The molecule has 5 heteroatoms. The first kappa shape index (κ1) is 12.5. The van der Waals surface area contributed by atoms with Gasteiger partial charge in [0.2, 0.25) is 0 Å². The topological polar surface area (TPSA) is 37.3 Å². The summed E-state index contributed by atoms with van der Waals surface area (Å²) in [5.41, 5.74) is 0.335. The first-order chi connectivity index (χ1) is 7.50. The van der Waals surface area contributed by atoms with Gasteiger partial charge in [0.05, 0.1) is 0 Å². The van der Waals surface area contributed by atoms with Gasteiger partial charge < -0.3 is 5.11 Å². The number of aryl methyl sites for hydroxylation is 1. The molecule has 0 aliphatic rings. The Morgan fingerprint density at radius 1 is 1.12 bits per heavy atom. The van der Waals surface area contributed by atoms with Gasteiger partial charge in [-0.2, -0.15) is 0 Å². The maximum atomic E-state index is 12.8. The van der Waals surface area contributed by atoms with Crippen LogP contribution in [-0.4, -0.2) is 11.1 Å². The second-order valence-corrected chi connectivity index (χ2v) is 3.47. The molecule has 0 aliphatic heterocycles. The molecule has 0 saturated heterocycles. The molecule has 0 fully saturated rings. The van der Waals surface area contributed by atoms with Crippen LogP contribution in [0.3, 0.4) is 0 Å². The molecule has 0 amide bonds. The molecular formula is C11H11F3O2. The van der Waals surface area contributed by atoms with Crippen LogP contribution < -0.4 is 0 Å². The first-order valence-corrected chi connectivity index (χ1v) is 4.86. The Morgan fingerprint density at radius 3 is 2.19 bits per heavy atom. The molecule has 0 saturated carbocycles. The highest BCUT2D eigenvalue weighted by molar-refractivity contribution is 5.66. The molecule has 0 unspecified atom stereocenters. The molecule has 1 aromatic carbocycles. The molecule has 0 aromatic heterocycles. The number of halogens is 3. The van der Waals surface area contributed by atoms with Gasteiger partial charge in [-0.05, 0) is 37.0 Å². The van der Waals surface area contributed by atoms with Crippen LogP contribution in [0.2, 0.25) is 0 Å². The van der Waals surface area contributed by atoms with Crippen molar-refractivity contribution in [3.63, 3.8) is 0 Å². The van der Waals surface area contributed by atoms with Crippen LogP contribution in [0.5, 0.6) is 0 Å². The van der Waals surface area contributed by atoms with Crippen molar-refractivity contribution < 1.29 is 23.1 Å². The second kappa shape index (κ2) is 5.53. The zero-order chi connectivity index (χ0) is 12.1. The standard InChI is InChI=1S/C11H11F3O2/c12-8-5-7(6-9(13)11(8)14)3-1-2-4-10(15)16/h5-6H,1-4H2,(H,15,16). The third kappa shape index (κ3) is 3.56. The van der Waals surface area contributed by atoms with Crippen LogP contribution in [0, 0.1) is 17.5 Å². The summed E-state index contributed by atoms with van der Waals surface area (Å²) >= 11 is 0. The molecule has 0 heterocycles. The lowest BCUT2D eigenvalue weighted by Crippen LogP contribution is -1.97. The van der Waals surface area contributed by atoms with Crippen LogP contribution in [0.15, 0.2) is 12.1 Å². The van der Waals surface area contributed by atoms with Crippen molar-refractivity contribution >= 4 is 5.97 Å². The molecule has 0 bridgehead atoms. The fourth-order valence-electron chi connectivity index (χ4n) is 1.36. The van der Waals surface area contributed by atoms with Gasteiger partial charge in [-0.3, -0.25) is 4.79 Å². The van der Waals surface area contributed by atoms with Crippen LogP contribution in [0.1, 0.15) is 24.8 Å². The van der Waals surface area contributed by atoms with Gasteiger partial charge in [0.1, 0.15) is 0 Å². The van der Waals surface area contributed by atoms with E-state index in [1.54, 1.807) is 0 Å². The predicted molar refractivity (Wildman–Crippen MR) is 51.5 cm³/mol. The molecule has 1 rings (SSSR count). The van der Waals surface area contributed by atoms with Crippen molar-refractivity contribution in [2.75, 3.05) is 0 Å². The van der Waals surface area contributed by atoms with Gasteiger partial charge in [-0.15, -0.1) is 0 Å². The van der Waals surface area contributed by atoms with E-state index in [0.717, 1.165) is 12.1 Å². The summed E-state index contributed by atoms with van der Waals surface area (Å²) in [6, 6.07) is 1.86. The van der Waals surface area contributed by atoms with Crippen LogP contribution >= 0.6 is 0 Å². The van der Waals surface area contributed by atoms with Crippen molar-refractivity contribution in [3.05, 3.63) is 35.1 Å². The number of hydrogen-bond donors (Lipinski definition) is 1. The van der Waals surface area contributed by atoms with Crippen molar-refractivity contribution in [1.29, 1.82) is 0 Å². The number of hydrogen-bond acceptors (Lipinski definition) is 1. The van der Waals surface area contributed by atoms with Gasteiger partial charge in [-0.25, -0.2) is 13.2 Å². The minimum atomic E-state index is -1.48. The quantitative estimate of drug-likeness (QED) is 0.626. The van der Waals surface area contributed by atoms with E-state index in [1.807, 2.05) is 0 Å². The molecule has 88 valence electrons. The fourth-order valence-corrected chi connectivity index (χ4v) is 1.36. The minimum absolute atomic E-state index is 0.0200. The summed E-state index contributed by atoms with van der Waals surface area (Å²) in [6.07, 6.45) is 1.28. The van der Waals surface area contributed by atoms with E-state index in [2.05, 4.69) is 0 Å². The monoisotopic (exact) mass is 232 g/mol. The molecule has 0 aliphatic carbocycles. The van der Waals surface area contributed by atoms with Gasteiger partial charge >= 0.3 is 5.97 Å². The molecule has 0 spiro atoms. The molecule has 16 heavy (non-hydrogen) atoms. The smallest absolute Gasteiger partial charge is 0.303 e. The van der Waals surface area contributed by atoms with Crippen LogP contribution in [-0.2, 0) is 11.2 Å². The highest BCUT2D eigenvalue weighted by Gasteiger charge is 2.10. The molecule has 1 N–H and O–H groups in total. The minimum Gasteiger partial charge on any atom is -0.481 e. The third-order valence-electron chi connectivity index (χ3n) is 2.15. The van der Waals surface area contributed by atoms with E-state index >= 15 is 0 Å². The number of benzene rings is 1. The van der Waals surface area contributed by atoms with Crippen molar-refractivity contribution in [2.45, 2.75) is 25.7 Å². The van der Waals surface area contributed by atoms with Crippen molar-refractivity contribution in [3.8, 4) is 0 Å². The Labute approximate surface area is 90.7 Å². The maximum Gasteiger partial charge on any atom is 0.303 e. The van der Waals surface area contributed by atoms with Crippen molar-refractivity contribution in [2.24, 2.45) is 0 Å². The van der Waals surface area contributed by atoms with E-state index in [9.17, 15) is 18.0 Å². The number of carboxylic acids is 1. The summed E-state index contributed by atoms with van der Waals surface area (Å²) < 4.78 is 38.1. The number of carbonyl (C=O) groups is 1. The average Bonchev–Trinajstić information content (AvgIpc) is 2.20. The first-order valence-electron chi connectivity index (χ1n) is 4.86. The molecule has 2 nitrogen and oxygen atoms in total. The SMILES string of the molecule is O=C(O)CCCCc1cc(F)c(F)c(F)c1. The Hall–Kier alpha value is -1.52. The van der Waals surface area contributed by atoms with E-state index < -0.39 is 23.4 Å². The zero-order valence-electron chi connectivity index (χ0n) is 8.47. The Morgan fingerprint density at radius 2 is 1.69 bits per heavy atom. The summed E-state index contributed by atoms with van der Waals surface area (Å²) in [5, 5.41) is 8.37. The number of unbranched alkanes of at least 4 members (excludes halogenated alkanes) is 1. The van der Waals surface area contributed by atoms with Crippen LogP contribution in [0.25, 0.3) is 0 Å². The summed E-state index contributed by atoms with van der Waals surface area (Å²) in [6.45, 7) is 0. The highest BCUT2D eigenvalue weighted by atomic mass is 19.2. The number of aliphatic carboxylic acids is 1. The Bertz CT molecular complexity index is 368. The highest BCUT2D eigenvalue weighted by Crippen LogP contribution is 2.15. The van der Waals surface area contributed by atoms with E-state index in [-0.39, 0.29) is 6.42 Å². The number of rotatable bonds is 5. The molecule has 0 atom stereocenters. The molecule has 1 aromatic rings. The Balaban J connectivity index is 2.52. The number of carboxylic acid groups (broad SMARTS) is 1. The maximum absolute atomic E-state index is 12.8. The largest absolute Gasteiger partial charge is 0.481 e. The third-order valence-corrected chi connectivity index (χ3v) is 2.15. The fraction of sp³-hybridized carbons (Fsp3) is 0.364. The lowest BCUT2D eigenvalue weighted by Gasteiger charge is -2.02. The normalized spacial score (nSPS) is 10.4. The summed E-state index contributed by atoms with van der Waals surface area (Å²) in [5.74, 6) is -4.81. The second-order valence-electron chi connectivity index (χ2n) is 3.47. The van der Waals surface area contributed by atoms with Gasteiger partial charge in [0.15, 0.2) is 17.5 Å². The van der Waals surface area contributed by atoms with E-state index in [1.165, 1.54) is 0 Å².